The van der Waals surface area contributed by atoms with Gasteiger partial charge in [-0.2, -0.15) is 0 Å². The van der Waals surface area contributed by atoms with Crippen LogP contribution in [-0.2, 0) is 25.6 Å². The number of amides is 1. The number of ketones is 2. The quantitative estimate of drug-likeness (QED) is 0.665. The van der Waals surface area contributed by atoms with Crippen LogP contribution in [0.25, 0.3) is 0 Å². The maximum atomic E-state index is 13.6. The van der Waals surface area contributed by atoms with E-state index in [0.717, 1.165) is 0 Å². The highest BCUT2D eigenvalue weighted by atomic mass is 16.6. The van der Waals surface area contributed by atoms with Crippen molar-refractivity contribution in [2.24, 2.45) is 22.6 Å². The molecule has 31 heavy (non-hydrogen) atoms. The van der Waals surface area contributed by atoms with Crippen molar-refractivity contribution >= 4 is 23.4 Å². The first-order valence-corrected chi connectivity index (χ1v) is 10.2. The van der Waals surface area contributed by atoms with Crippen LogP contribution in [-0.4, -0.2) is 78.3 Å². The Bertz CT molecular complexity index is 1030. The third-order valence-corrected chi connectivity index (χ3v) is 7.04. The Morgan fingerprint density at radius 2 is 2.19 bits per heavy atom. The molecular weight excluding hydrogens is 404 g/mol. The Kier molecular flexibility index (Phi) is 4.35. The number of nitrogens with zero attached hydrogens (tertiary/aromatic N) is 3. The number of hydrogen-bond acceptors (Lipinski definition) is 9. The highest BCUT2D eigenvalue weighted by molar-refractivity contribution is 6.53. The molecule has 164 valence electrons. The van der Waals surface area contributed by atoms with E-state index in [1.807, 2.05) is 11.9 Å². The molecule has 0 radical (unpaired) electrons. The van der Waals surface area contributed by atoms with E-state index in [0.29, 0.717) is 23.6 Å². The van der Waals surface area contributed by atoms with Gasteiger partial charge in [0.25, 0.3) is 0 Å². The van der Waals surface area contributed by atoms with Crippen LogP contribution in [0.1, 0.15) is 12.7 Å². The number of primary amides is 1. The van der Waals surface area contributed by atoms with Gasteiger partial charge in [0, 0.05) is 25.3 Å². The van der Waals surface area contributed by atoms with Crippen LogP contribution in [0.4, 0.5) is 4.79 Å². The molecule has 1 aromatic heterocycles. The molecule has 0 saturated carbocycles. The van der Waals surface area contributed by atoms with Crippen LogP contribution < -0.4 is 5.73 Å². The van der Waals surface area contributed by atoms with Crippen LogP contribution in [0.5, 0.6) is 0 Å². The van der Waals surface area contributed by atoms with Crippen molar-refractivity contribution < 1.29 is 28.3 Å². The summed E-state index contributed by atoms with van der Waals surface area (Å²) in [7, 11) is 3.53. The number of fused-ring (bicyclic) bond motifs is 4. The number of furan rings is 1. The average molecular weight is 428 g/mol. The van der Waals surface area contributed by atoms with Gasteiger partial charge in [0.2, 0.25) is 5.78 Å². The molecular formula is C21H24N4O6. The summed E-state index contributed by atoms with van der Waals surface area (Å²) in [6, 6.07) is 3.68. The third kappa shape index (κ3) is 2.58. The van der Waals surface area contributed by atoms with Crippen molar-refractivity contribution in [3.63, 3.8) is 0 Å². The highest BCUT2D eigenvalue weighted by Crippen LogP contribution is 2.59. The molecule has 2 saturated heterocycles. The fourth-order valence-electron chi connectivity index (χ4n) is 5.58. The number of rotatable bonds is 5. The van der Waals surface area contributed by atoms with E-state index in [4.69, 9.17) is 19.6 Å². The van der Waals surface area contributed by atoms with Crippen LogP contribution in [0.3, 0.4) is 0 Å². The number of allylic oxidation sites excluding steroid dienone is 1. The van der Waals surface area contributed by atoms with Gasteiger partial charge in [-0.05, 0) is 26.1 Å². The predicted molar refractivity (Wildman–Crippen MR) is 107 cm³/mol. The molecule has 0 bridgehead atoms. The molecule has 6 atom stereocenters. The van der Waals surface area contributed by atoms with Gasteiger partial charge in [0.05, 0.1) is 42.1 Å². The minimum absolute atomic E-state index is 0.0241. The molecule has 4 heterocycles. The predicted octanol–water partition coefficient (Wildman–Crippen LogP) is 0.329. The normalized spacial score (nSPS) is 37.2. The zero-order valence-corrected chi connectivity index (χ0v) is 17.5. The number of likely N-dealkylation sites (N-methyl/N-ethyl adjacent to an activating group) is 1. The van der Waals surface area contributed by atoms with Crippen LogP contribution in [0, 0.1) is 11.8 Å². The lowest BCUT2D eigenvalue weighted by Crippen LogP contribution is -2.55. The number of hydrogen-bond donors (Lipinski definition) is 1. The molecule has 0 aromatic carbocycles. The molecule has 10 heteroatoms. The van der Waals surface area contributed by atoms with Crippen molar-refractivity contribution in [1.82, 2.24) is 9.80 Å². The summed E-state index contributed by atoms with van der Waals surface area (Å²) in [6.45, 7) is 2.25. The number of Topliss-reactive ketones (excluding diaryl/α,β-unsaturated/α-hetero) is 2. The third-order valence-electron chi connectivity index (χ3n) is 7.04. The molecule has 4 aliphatic rings. The number of nitrogens with two attached hydrogens (primary N) is 1. The number of methoxy groups -OCH3 is 1. The number of ether oxygens (including phenoxy) is 2. The number of carbonyl (C=O) groups excluding carboxylic acids is 3. The van der Waals surface area contributed by atoms with Gasteiger partial charge in [-0.1, -0.05) is 0 Å². The standard InChI is InChI=1S/C21H24N4O6/c1-10-15(23-7-11-5-4-6-30-11)18(27)14-12(9-31-20(22)28)21(29-3)19-13(24(19)2)8-25(21)16(14)17(10)26/h4-6,10,12-13,19H,7-9H2,1-3H3,(H2,22,28). The Morgan fingerprint density at radius 1 is 1.42 bits per heavy atom. The first-order chi connectivity index (χ1) is 14.8. The monoisotopic (exact) mass is 428 g/mol. The second-order valence-electron chi connectivity index (χ2n) is 8.39. The van der Waals surface area contributed by atoms with Gasteiger partial charge >= 0.3 is 6.09 Å². The lowest BCUT2D eigenvalue weighted by Gasteiger charge is -2.40. The Labute approximate surface area is 178 Å². The zero-order chi connectivity index (χ0) is 22.1. The van der Waals surface area contributed by atoms with Gasteiger partial charge < -0.3 is 24.5 Å². The molecule has 2 N–H and O–H groups in total. The second-order valence-corrected chi connectivity index (χ2v) is 8.39. The Morgan fingerprint density at radius 3 is 2.84 bits per heavy atom. The van der Waals surface area contributed by atoms with Crippen molar-refractivity contribution in [3.05, 3.63) is 35.4 Å². The van der Waals surface area contributed by atoms with Crippen molar-refractivity contribution in [2.45, 2.75) is 31.3 Å². The summed E-state index contributed by atoms with van der Waals surface area (Å²) in [5, 5.41) is 0. The summed E-state index contributed by atoms with van der Waals surface area (Å²) in [6.07, 6.45) is 0.584. The lowest BCUT2D eigenvalue weighted by atomic mass is 9.78. The fourth-order valence-corrected chi connectivity index (χ4v) is 5.58. The van der Waals surface area contributed by atoms with Gasteiger partial charge in [0.1, 0.15) is 12.4 Å². The maximum absolute atomic E-state index is 13.6. The summed E-state index contributed by atoms with van der Waals surface area (Å²) >= 11 is 0. The van der Waals surface area contributed by atoms with Crippen LogP contribution in [0.15, 0.2) is 39.1 Å². The summed E-state index contributed by atoms with van der Waals surface area (Å²) in [4.78, 5) is 46.9. The minimum Gasteiger partial charge on any atom is -0.467 e. The first kappa shape index (κ1) is 20.0. The van der Waals surface area contributed by atoms with E-state index in [-0.39, 0.29) is 42.5 Å². The molecule has 1 aliphatic carbocycles. The highest BCUT2D eigenvalue weighted by Gasteiger charge is 2.75. The van der Waals surface area contributed by atoms with E-state index in [1.54, 1.807) is 26.2 Å². The summed E-state index contributed by atoms with van der Waals surface area (Å²) in [5.74, 6) is -1.26. The van der Waals surface area contributed by atoms with Crippen molar-refractivity contribution in [1.29, 1.82) is 0 Å². The fraction of sp³-hybridized carbons (Fsp3) is 0.524. The topological polar surface area (TPSA) is 127 Å². The molecule has 1 amide bonds. The van der Waals surface area contributed by atoms with E-state index in [1.165, 1.54) is 6.26 Å². The summed E-state index contributed by atoms with van der Waals surface area (Å²) < 4.78 is 16.5. The van der Waals surface area contributed by atoms with E-state index in [9.17, 15) is 14.4 Å². The number of carbonyl (C=O) groups is 3. The largest absolute Gasteiger partial charge is 0.467 e. The van der Waals surface area contributed by atoms with Crippen LogP contribution in [0.2, 0.25) is 0 Å². The number of piperazine rings is 1. The Balaban J connectivity index is 1.58. The SMILES string of the molecule is COC12C(COC(N)=O)C3=C(C(=O)C(C)C(=NCc4ccco4)C3=O)N1CC1C2N1C. The minimum atomic E-state index is -0.971. The molecule has 2 fully saturated rings. The Hall–Kier alpha value is -2.98. The summed E-state index contributed by atoms with van der Waals surface area (Å²) in [5.41, 5.74) is 5.08. The smallest absolute Gasteiger partial charge is 0.404 e. The molecule has 0 spiro atoms. The molecule has 6 unspecified atom stereocenters. The average Bonchev–Trinajstić information content (AvgIpc) is 3.15. The molecule has 3 aliphatic heterocycles. The number of aliphatic imine (C=N–C) groups is 1. The molecule has 10 nitrogen and oxygen atoms in total. The van der Waals surface area contributed by atoms with E-state index in [2.05, 4.69) is 9.89 Å². The van der Waals surface area contributed by atoms with Crippen LogP contribution >= 0.6 is 0 Å². The molecule has 5 rings (SSSR count). The second kappa shape index (κ2) is 6.76. The van der Waals surface area contributed by atoms with Crippen molar-refractivity contribution in [2.75, 3.05) is 27.3 Å². The maximum Gasteiger partial charge on any atom is 0.404 e. The van der Waals surface area contributed by atoms with E-state index >= 15 is 0 Å². The lowest BCUT2D eigenvalue weighted by molar-refractivity contribution is -0.145. The van der Waals surface area contributed by atoms with Gasteiger partial charge in [0.15, 0.2) is 11.5 Å². The zero-order valence-electron chi connectivity index (χ0n) is 17.5. The first-order valence-electron chi connectivity index (χ1n) is 10.2. The molecule has 1 aromatic rings. The van der Waals surface area contributed by atoms with Gasteiger partial charge in [-0.25, -0.2) is 4.79 Å². The van der Waals surface area contributed by atoms with Gasteiger partial charge in [-0.3, -0.25) is 19.5 Å². The van der Waals surface area contributed by atoms with E-state index < -0.39 is 23.7 Å². The van der Waals surface area contributed by atoms with Gasteiger partial charge in [-0.15, -0.1) is 0 Å². The van der Waals surface area contributed by atoms with Crippen molar-refractivity contribution in [3.8, 4) is 0 Å².